The van der Waals surface area contributed by atoms with Gasteiger partial charge in [-0.25, -0.2) is 9.97 Å². The lowest BCUT2D eigenvalue weighted by atomic mass is 10.0. The van der Waals surface area contributed by atoms with E-state index in [1.54, 1.807) is 24.3 Å². The normalized spacial score (nSPS) is 11.3. The summed E-state index contributed by atoms with van der Waals surface area (Å²) in [5.41, 5.74) is 1.28. The molecule has 0 atom stereocenters. The lowest BCUT2D eigenvalue weighted by Crippen LogP contribution is -2.15. The van der Waals surface area contributed by atoms with Crippen molar-refractivity contribution in [1.82, 2.24) is 15.0 Å². The highest BCUT2D eigenvalue weighted by molar-refractivity contribution is 6.28. The van der Waals surface area contributed by atoms with Gasteiger partial charge in [-0.2, -0.15) is 13.2 Å². The number of anilines is 1. The first-order valence-corrected chi connectivity index (χ1v) is 8.06. The van der Waals surface area contributed by atoms with Crippen LogP contribution in [-0.4, -0.2) is 20.9 Å². The first-order chi connectivity index (χ1) is 12.7. The third kappa shape index (κ3) is 4.40. The summed E-state index contributed by atoms with van der Waals surface area (Å²) in [5, 5.41) is 2.66. The predicted octanol–water partition coefficient (Wildman–Crippen LogP) is 4.77. The second-order valence-electron chi connectivity index (χ2n) is 5.62. The Balaban J connectivity index is 1.88. The van der Waals surface area contributed by atoms with E-state index in [1.165, 1.54) is 12.3 Å². The predicted molar refractivity (Wildman–Crippen MR) is 94.4 cm³/mol. The fourth-order valence-electron chi connectivity index (χ4n) is 2.39. The number of nitrogens with zero attached hydrogens (tertiary/aromatic N) is 3. The van der Waals surface area contributed by atoms with E-state index in [2.05, 4.69) is 20.3 Å². The fraction of sp³-hybridized carbons (Fsp3) is 0.111. The standard InChI is InChI=1S/C18H12ClF3N4O/c1-10-2-3-12(9-13(10)14-5-7-24-17(19)26-14)25-16(27)11-4-6-23-15(8-11)18(20,21)22/h2-9H,1H3,(H,25,27). The quantitative estimate of drug-likeness (QED) is 0.652. The molecule has 1 aromatic carbocycles. The van der Waals surface area contributed by atoms with Gasteiger partial charge in [-0.15, -0.1) is 0 Å². The minimum atomic E-state index is -4.63. The zero-order valence-corrected chi connectivity index (χ0v) is 14.6. The van der Waals surface area contributed by atoms with E-state index >= 15 is 0 Å². The molecular formula is C18H12ClF3N4O. The molecule has 2 heterocycles. The van der Waals surface area contributed by atoms with Crippen molar-refractivity contribution in [1.29, 1.82) is 0 Å². The summed E-state index contributed by atoms with van der Waals surface area (Å²) < 4.78 is 38.3. The van der Waals surface area contributed by atoms with Crippen molar-refractivity contribution in [2.75, 3.05) is 5.32 Å². The summed E-state index contributed by atoms with van der Waals surface area (Å²) in [6, 6.07) is 8.65. The zero-order valence-electron chi connectivity index (χ0n) is 13.9. The smallest absolute Gasteiger partial charge is 0.322 e. The molecule has 1 amide bonds. The van der Waals surface area contributed by atoms with Gasteiger partial charge in [-0.1, -0.05) is 6.07 Å². The van der Waals surface area contributed by atoms with Crippen LogP contribution in [0.5, 0.6) is 0 Å². The maximum absolute atomic E-state index is 12.8. The first kappa shape index (κ1) is 18.8. The number of hydrogen-bond acceptors (Lipinski definition) is 4. The maximum atomic E-state index is 12.8. The number of aromatic nitrogens is 3. The highest BCUT2D eigenvalue weighted by Gasteiger charge is 2.32. The number of amides is 1. The van der Waals surface area contributed by atoms with Gasteiger partial charge in [0.25, 0.3) is 5.91 Å². The number of rotatable bonds is 3. The van der Waals surface area contributed by atoms with Gasteiger partial charge < -0.3 is 5.32 Å². The summed E-state index contributed by atoms with van der Waals surface area (Å²) in [6.45, 7) is 1.86. The van der Waals surface area contributed by atoms with Crippen molar-refractivity contribution in [3.63, 3.8) is 0 Å². The molecule has 5 nitrogen and oxygen atoms in total. The minimum Gasteiger partial charge on any atom is -0.322 e. The lowest BCUT2D eigenvalue weighted by molar-refractivity contribution is -0.141. The van der Waals surface area contributed by atoms with Crippen LogP contribution in [0.2, 0.25) is 5.28 Å². The molecule has 27 heavy (non-hydrogen) atoms. The molecule has 138 valence electrons. The molecule has 0 saturated carbocycles. The van der Waals surface area contributed by atoms with E-state index in [4.69, 9.17) is 11.6 Å². The second-order valence-corrected chi connectivity index (χ2v) is 5.96. The number of alkyl halides is 3. The fourth-order valence-corrected chi connectivity index (χ4v) is 2.54. The Kier molecular flexibility index (Phi) is 5.09. The van der Waals surface area contributed by atoms with E-state index < -0.39 is 17.8 Å². The molecule has 0 aliphatic heterocycles. The van der Waals surface area contributed by atoms with Gasteiger partial charge in [-0.3, -0.25) is 9.78 Å². The summed E-state index contributed by atoms with van der Waals surface area (Å²) in [5.74, 6) is -0.682. The molecule has 9 heteroatoms. The molecule has 0 unspecified atom stereocenters. The van der Waals surface area contributed by atoms with E-state index in [0.29, 0.717) is 23.0 Å². The van der Waals surface area contributed by atoms with Crippen LogP contribution >= 0.6 is 11.6 Å². The average molecular weight is 393 g/mol. The number of nitrogens with one attached hydrogen (secondary N) is 1. The van der Waals surface area contributed by atoms with Crippen LogP contribution in [0.3, 0.4) is 0 Å². The SMILES string of the molecule is Cc1ccc(NC(=O)c2ccnc(C(F)(F)F)c2)cc1-c1ccnc(Cl)n1. The Morgan fingerprint density at radius 2 is 1.81 bits per heavy atom. The highest BCUT2D eigenvalue weighted by Crippen LogP contribution is 2.28. The molecule has 1 N–H and O–H groups in total. The molecule has 0 bridgehead atoms. The number of carbonyl (C=O) groups is 1. The van der Waals surface area contributed by atoms with Crippen LogP contribution in [0, 0.1) is 6.92 Å². The summed E-state index contributed by atoms with van der Waals surface area (Å²) in [7, 11) is 0. The number of carbonyl (C=O) groups excluding carboxylic acids is 1. The van der Waals surface area contributed by atoms with Gasteiger partial charge >= 0.3 is 6.18 Å². The van der Waals surface area contributed by atoms with Gasteiger partial charge in [0, 0.05) is 29.2 Å². The average Bonchev–Trinajstić information content (AvgIpc) is 2.62. The Morgan fingerprint density at radius 3 is 2.52 bits per heavy atom. The number of aryl methyl sites for hydroxylation is 1. The molecular weight excluding hydrogens is 381 g/mol. The van der Waals surface area contributed by atoms with Crippen molar-refractivity contribution < 1.29 is 18.0 Å². The van der Waals surface area contributed by atoms with Gasteiger partial charge in [0.1, 0.15) is 5.69 Å². The van der Waals surface area contributed by atoms with Crippen LogP contribution in [0.4, 0.5) is 18.9 Å². The molecule has 2 aromatic heterocycles. The van der Waals surface area contributed by atoms with Crippen molar-refractivity contribution in [2.24, 2.45) is 0 Å². The molecule has 3 aromatic rings. The highest BCUT2D eigenvalue weighted by atomic mass is 35.5. The monoisotopic (exact) mass is 392 g/mol. The first-order valence-electron chi connectivity index (χ1n) is 7.68. The minimum absolute atomic E-state index is 0.0813. The number of halogens is 4. The topological polar surface area (TPSA) is 67.8 Å². The molecule has 3 rings (SSSR count). The van der Waals surface area contributed by atoms with E-state index in [0.717, 1.165) is 11.8 Å². The van der Waals surface area contributed by atoms with Crippen LogP contribution in [0.15, 0.2) is 48.8 Å². The molecule has 0 radical (unpaired) electrons. The Hall–Kier alpha value is -3.00. The van der Waals surface area contributed by atoms with E-state index in [9.17, 15) is 18.0 Å². The van der Waals surface area contributed by atoms with Gasteiger partial charge in [0.05, 0.1) is 5.69 Å². The van der Waals surface area contributed by atoms with Crippen LogP contribution < -0.4 is 5.32 Å². The summed E-state index contributed by atoms with van der Waals surface area (Å²) >= 11 is 5.81. The molecule has 0 saturated heterocycles. The Morgan fingerprint density at radius 1 is 1.07 bits per heavy atom. The van der Waals surface area contributed by atoms with E-state index in [1.807, 2.05) is 6.92 Å². The van der Waals surface area contributed by atoms with Gasteiger partial charge in [-0.05, 0) is 54.4 Å². The Bertz CT molecular complexity index is 1010. The van der Waals surface area contributed by atoms with Gasteiger partial charge in [0.15, 0.2) is 0 Å². The number of hydrogen-bond donors (Lipinski definition) is 1. The zero-order chi connectivity index (χ0) is 19.6. The maximum Gasteiger partial charge on any atom is 0.433 e. The van der Waals surface area contributed by atoms with Crippen molar-refractivity contribution in [3.05, 3.63) is 70.9 Å². The van der Waals surface area contributed by atoms with Crippen LogP contribution in [0.1, 0.15) is 21.6 Å². The molecule has 0 aliphatic rings. The summed E-state index contributed by atoms with van der Waals surface area (Å²) in [6.07, 6.45) is -2.17. The molecule has 0 fully saturated rings. The number of benzene rings is 1. The lowest BCUT2D eigenvalue weighted by Gasteiger charge is -2.11. The number of pyridine rings is 1. The van der Waals surface area contributed by atoms with Crippen molar-refractivity contribution in [2.45, 2.75) is 13.1 Å². The van der Waals surface area contributed by atoms with Crippen molar-refractivity contribution >= 4 is 23.2 Å². The van der Waals surface area contributed by atoms with Crippen LogP contribution in [-0.2, 0) is 6.18 Å². The largest absolute Gasteiger partial charge is 0.433 e. The second kappa shape index (κ2) is 7.32. The molecule has 0 spiro atoms. The third-order valence-corrected chi connectivity index (χ3v) is 3.89. The third-order valence-electron chi connectivity index (χ3n) is 3.71. The Labute approximate surface area is 157 Å². The van der Waals surface area contributed by atoms with E-state index in [-0.39, 0.29) is 10.8 Å². The summed E-state index contributed by atoms with van der Waals surface area (Å²) in [4.78, 5) is 23.5. The molecule has 0 aliphatic carbocycles. The van der Waals surface area contributed by atoms with Gasteiger partial charge in [0.2, 0.25) is 5.28 Å². The van der Waals surface area contributed by atoms with Crippen molar-refractivity contribution in [3.8, 4) is 11.3 Å². The van der Waals surface area contributed by atoms with Crippen LogP contribution in [0.25, 0.3) is 11.3 Å².